The molecular weight excluding hydrogens is 202 g/mol. The number of quaternary nitrogens is 1. The molecule has 0 heterocycles. The summed E-state index contributed by atoms with van der Waals surface area (Å²) < 4.78 is 4.77. The van der Waals surface area contributed by atoms with Crippen LogP contribution >= 0.6 is 0 Å². The Morgan fingerprint density at radius 2 is 1.80 bits per heavy atom. The van der Waals surface area contributed by atoms with Gasteiger partial charge in [-0.3, -0.25) is 5.73 Å². The molecule has 1 aliphatic rings. The van der Waals surface area contributed by atoms with E-state index in [-0.39, 0.29) is 12.8 Å². The first-order valence-electron chi connectivity index (χ1n) is 4.74. The molecule has 6 N–H and O–H groups in total. The molecule has 1 amide bonds. The molecule has 6 heteroatoms. The van der Waals surface area contributed by atoms with Crippen molar-refractivity contribution in [3.05, 3.63) is 12.2 Å². The molecule has 0 bridgehead atoms. The summed E-state index contributed by atoms with van der Waals surface area (Å²) in [4.78, 5) is 10.6. The van der Waals surface area contributed by atoms with Gasteiger partial charge in [-0.2, -0.15) is 4.79 Å². The van der Waals surface area contributed by atoms with Gasteiger partial charge in [0, 0.05) is 12.8 Å². The van der Waals surface area contributed by atoms with Crippen LogP contribution in [0.25, 0.3) is 0 Å². The molecule has 15 heavy (non-hydrogen) atoms. The molecule has 0 saturated heterocycles. The lowest BCUT2D eigenvalue weighted by molar-refractivity contribution is -0.286. The average Bonchev–Trinajstić information content (AvgIpc) is 2.11. The molecule has 0 radical (unpaired) electrons. The Bertz CT molecular complexity index is 255. The predicted octanol–water partition coefficient (Wildman–Crippen LogP) is -1.83. The number of rotatable bonds is 1. The number of carbonyl (C=O) groups excluding carboxylic acids is 1. The van der Waals surface area contributed by atoms with Gasteiger partial charge in [-0.15, -0.1) is 0 Å². The molecule has 0 spiro atoms. The molecular formula is C9H16NO5+. The topological polar surface area (TPSA) is 115 Å². The van der Waals surface area contributed by atoms with Gasteiger partial charge in [0.1, 0.15) is 6.10 Å². The Hall–Kier alpha value is -0.950. The van der Waals surface area contributed by atoms with E-state index in [0.717, 1.165) is 0 Å². The molecule has 0 saturated carbocycles. The van der Waals surface area contributed by atoms with E-state index >= 15 is 0 Å². The summed E-state index contributed by atoms with van der Waals surface area (Å²) in [7, 11) is 0. The van der Waals surface area contributed by atoms with Crippen LogP contribution in [0.1, 0.15) is 12.8 Å². The van der Waals surface area contributed by atoms with Crippen molar-refractivity contribution in [3.8, 4) is 0 Å². The maximum absolute atomic E-state index is 10.6. The Balaban J connectivity index is 2.67. The Labute approximate surface area is 87.0 Å². The molecule has 0 fully saturated rings. The maximum Gasteiger partial charge on any atom is 0.511 e. The van der Waals surface area contributed by atoms with Crippen molar-refractivity contribution < 1.29 is 30.6 Å². The number of aliphatic hydroxyl groups is 3. The lowest BCUT2D eigenvalue weighted by atomic mass is 9.97. The summed E-state index contributed by atoms with van der Waals surface area (Å²) in [6.07, 6.45) is -1.15. The van der Waals surface area contributed by atoms with Gasteiger partial charge >= 0.3 is 6.09 Å². The number of carbonyl (C=O) groups is 1. The van der Waals surface area contributed by atoms with Crippen LogP contribution in [0.2, 0.25) is 0 Å². The second-order valence-corrected chi connectivity index (χ2v) is 3.59. The standard InChI is InChI=1S/C9H15NO5/c10-9(14)15-6-2-1-5(11)3-7(12)8(13)4-6/h1-2,5-8,11-13H,3-4H2,(H2,10,14)/p+1/b2-1+. The number of ether oxygens (including phenoxy) is 1. The van der Waals surface area contributed by atoms with E-state index in [1.807, 2.05) is 0 Å². The van der Waals surface area contributed by atoms with Gasteiger partial charge in [-0.1, -0.05) is 6.08 Å². The molecule has 0 aromatic carbocycles. The zero-order valence-corrected chi connectivity index (χ0v) is 8.24. The van der Waals surface area contributed by atoms with Gasteiger partial charge in [0.05, 0.1) is 18.3 Å². The van der Waals surface area contributed by atoms with Crippen molar-refractivity contribution in [1.29, 1.82) is 0 Å². The van der Waals surface area contributed by atoms with Gasteiger partial charge in [-0.25, -0.2) is 0 Å². The highest BCUT2D eigenvalue weighted by molar-refractivity contribution is 5.54. The molecule has 4 unspecified atom stereocenters. The fraction of sp³-hybridized carbons (Fsp3) is 0.667. The molecule has 0 aromatic heterocycles. The second kappa shape index (κ2) is 5.22. The van der Waals surface area contributed by atoms with Gasteiger partial charge < -0.3 is 20.1 Å². The number of aliphatic hydroxyl groups excluding tert-OH is 3. The minimum Gasteiger partial charge on any atom is -0.413 e. The SMILES string of the molecule is [NH3+]C(=O)OC1/C=C/C(O)CC(O)C(O)C1. The van der Waals surface area contributed by atoms with E-state index in [9.17, 15) is 20.1 Å². The van der Waals surface area contributed by atoms with Crippen LogP contribution in [0, 0.1) is 0 Å². The first kappa shape index (κ1) is 12.1. The first-order valence-corrected chi connectivity index (χ1v) is 4.74. The van der Waals surface area contributed by atoms with Crippen molar-refractivity contribution in [3.63, 3.8) is 0 Å². The smallest absolute Gasteiger partial charge is 0.413 e. The third-order valence-corrected chi connectivity index (χ3v) is 2.23. The van der Waals surface area contributed by atoms with E-state index in [1.165, 1.54) is 12.2 Å². The highest BCUT2D eigenvalue weighted by atomic mass is 16.6. The van der Waals surface area contributed by atoms with Crippen molar-refractivity contribution >= 4 is 6.09 Å². The second-order valence-electron chi connectivity index (χ2n) is 3.59. The van der Waals surface area contributed by atoms with E-state index in [1.54, 1.807) is 0 Å². The fourth-order valence-corrected chi connectivity index (χ4v) is 1.47. The quantitative estimate of drug-likeness (QED) is 0.386. The molecule has 4 atom stereocenters. The van der Waals surface area contributed by atoms with Crippen molar-refractivity contribution in [2.75, 3.05) is 0 Å². The summed E-state index contributed by atoms with van der Waals surface area (Å²) in [6, 6.07) is 0. The van der Waals surface area contributed by atoms with Gasteiger partial charge in [0.25, 0.3) is 0 Å². The minimum absolute atomic E-state index is 0.0721. The van der Waals surface area contributed by atoms with Crippen LogP contribution in [-0.4, -0.2) is 45.8 Å². The first-order chi connectivity index (χ1) is 6.99. The van der Waals surface area contributed by atoms with Crippen LogP contribution in [-0.2, 0) is 4.74 Å². The average molecular weight is 218 g/mol. The van der Waals surface area contributed by atoms with Crippen molar-refractivity contribution in [2.24, 2.45) is 0 Å². The monoisotopic (exact) mass is 218 g/mol. The van der Waals surface area contributed by atoms with Crippen LogP contribution in [0.5, 0.6) is 0 Å². The summed E-state index contributed by atoms with van der Waals surface area (Å²) in [5.41, 5.74) is 3.05. The van der Waals surface area contributed by atoms with Crippen molar-refractivity contribution in [1.82, 2.24) is 0 Å². The predicted molar refractivity (Wildman–Crippen MR) is 49.6 cm³/mol. The lowest BCUT2D eigenvalue weighted by Crippen LogP contribution is -2.58. The minimum atomic E-state index is -1.02. The van der Waals surface area contributed by atoms with E-state index < -0.39 is 30.5 Å². The highest BCUT2D eigenvalue weighted by Crippen LogP contribution is 2.16. The zero-order chi connectivity index (χ0) is 11.4. The maximum atomic E-state index is 10.6. The summed E-state index contributed by atoms with van der Waals surface area (Å²) in [5, 5.41) is 28.2. The fourth-order valence-electron chi connectivity index (χ4n) is 1.47. The van der Waals surface area contributed by atoms with Crippen LogP contribution in [0.3, 0.4) is 0 Å². The van der Waals surface area contributed by atoms with Crippen LogP contribution in [0.15, 0.2) is 12.2 Å². The normalized spacial score (nSPS) is 38.9. The molecule has 1 rings (SSSR count). The highest BCUT2D eigenvalue weighted by Gasteiger charge is 2.26. The Kier molecular flexibility index (Phi) is 4.22. The van der Waals surface area contributed by atoms with E-state index in [4.69, 9.17) is 4.74 Å². The van der Waals surface area contributed by atoms with E-state index in [2.05, 4.69) is 5.73 Å². The molecule has 86 valence electrons. The Morgan fingerprint density at radius 3 is 2.40 bits per heavy atom. The molecule has 1 aliphatic carbocycles. The van der Waals surface area contributed by atoms with Crippen LogP contribution < -0.4 is 5.73 Å². The number of amides is 1. The molecule has 0 aliphatic heterocycles. The molecule has 0 aromatic rings. The zero-order valence-electron chi connectivity index (χ0n) is 8.24. The third-order valence-electron chi connectivity index (χ3n) is 2.23. The Morgan fingerprint density at radius 1 is 1.20 bits per heavy atom. The molecule has 6 nitrogen and oxygen atoms in total. The number of hydrogen-bond acceptors (Lipinski definition) is 5. The van der Waals surface area contributed by atoms with E-state index in [0.29, 0.717) is 0 Å². The van der Waals surface area contributed by atoms with Crippen LogP contribution in [0.4, 0.5) is 4.79 Å². The summed E-state index contributed by atoms with van der Waals surface area (Å²) in [6.45, 7) is 0. The van der Waals surface area contributed by atoms with Gasteiger partial charge in [0.2, 0.25) is 0 Å². The number of hydrogen-bond donors (Lipinski definition) is 4. The lowest BCUT2D eigenvalue weighted by Gasteiger charge is -2.24. The summed E-state index contributed by atoms with van der Waals surface area (Å²) in [5.74, 6) is 0. The largest absolute Gasteiger partial charge is 0.511 e. The van der Waals surface area contributed by atoms with Crippen molar-refractivity contribution in [2.45, 2.75) is 37.3 Å². The van der Waals surface area contributed by atoms with Gasteiger partial charge in [0.15, 0.2) is 0 Å². The summed E-state index contributed by atoms with van der Waals surface area (Å²) >= 11 is 0. The van der Waals surface area contributed by atoms with Gasteiger partial charge in [-0.05, 0) is 6.08 Å². The third kappa shape index (κ3) is 3.96.